The molecule has 0 radical (unpaired) electrons. The summed E-state index contributed by atoms with van der Waals surface area (Å²) in [6.07, 6.45) is 32.0. The maximum Gasteiger partial charge on any atom is 0.267 e. The van der Waals surface area contributed by atoms with Crippen LogP contribution in [0.2, 0.25) is 0 Å². The summed E-state index contributed by atoms with van der Waals surface area (Å²) < 4.78 is 32.3. The number of carbonyl (C=O) groups excluding carboxylic acids is 1. The standard InChI is InChI=1S/C34H63NO6S/c1-3-5-7-9-11-13-15-16-17-19-20-22-24-26-28-32(36)31(30-42(39,40)41)35-34(38)33(37)29-27-25-23-21-18-14-12-10-8-6-4-2/h13,15,19-20,26,28,31-33,36-37H,3-12,14,16-18,21-25,27,29-30H2,1-2H3,(H,35,38)(H,39,40,41)/b15-13+,20-19+,28-26+. The van der Waals surface area contributed by atoms with Gasteiger partial charge in [0.15, 0.2) is 0 Å². The van der Waals surface area contributed by atoms with Crippen LogP contribution in [0.15, 0.2) is 36.5 Å². The van der Waals surface area contributed by atoms with Crippen LogP contribution in [-0.4, -0.2) is 53.1 Å². The fourth-order valence-electron chi connectivity index (χ4n) is 4.78. The largest absolute Gasteiger partial charge is 0.387 e. The number of aliphatic hydroxyl groups is 2. The van der Waals surface area contributed by atoms with Crippen molar-refractivity contribution in [3.8, 4) is 0 Å². The topological polar surface area (TPSA) is 124 Å². The lowest BCUT2D eigenvalue weighted by molar-refractivity contribution is -0.130. The molecule has 8 heteroatoms. The summed E-state index contributed by atoms with van der Waals surface area (Å²) in [5.41, 5.74) is 0. The first-order valence-corrected chi connectivity index (χ1v) is 18.4. The van der Waals surface area contributed by atoms with E-state index in [1.807, 2.05) is 0 Å². The second kappa shape index (κ2) is 28.3. The first kappa shape index (κ1) is 40.5. The predicted octanol–water partition coefficient (Wildman–Crippen LogP) is 7.98. The zero-order chi connectivity index (χ0) is 31.3. The summed E-state index contributed by atoms with van der Waals surface area (Å²) in [6.45, 7) is 4.44. The van der Waals surface area contributed by atoms with Gasteiger partial charge < -0.3 is 15.5 Å². The number of nitrogens with one attached hydrogen (secondary N) is 1. The van der Waals surface area contributed by atoms with Gasteiger partial charge in [-0.15, -0.1) is 0 Å². The van der Waals surface area contributed by atoms with Crippen LogP contribution in [0.4, 0.5) is 0 Å². The highest BCUT2D eigenvalue weighted by Crippen LogP contribution is 2.13. The van der Waals surface area contributed by atoms with Gasteiger partial charge in [0.05, 0.1) is 17.9 Å². The van der Waals surface area contributed by atoms with Crippen molar-refractivity contribution in [2.45, 2.75) is 167 Å². The van der Waals surface area contributed by atoms with Crippen molar-refractivity contribution in [2.24, 2.45) is 0 Å². The quantitative estimate of drug-likeness (QED) is 0.0385. The highest BCUT2D eigenvalue weighted by molar-refractivity contribution is 7.85. The van der Waals surface area contributed by atoms with E-state index in [2.05, 4.69) is 43.5 Å². The Bertz CT molecular complexity index is 824. The Balaban J connectivity index is 4.28. The van der Waals surface area contributed by atoms with Gasteiger partial charge in [0.2, 0.25) is 5.91 Å². The molecule has 3 atom stereocenters. The van der Waals surface area contributed by atoms with Crippen molar-refractivity contribution in [3.63, 3.8) is 0 Å². The van der Waals surface area contributed by atoms with Crippen LogP contribution in [0.5, 0.6) is 0 Å². The number of hydrogen-bond acceptors (Lipinski definition) is 5. The minimum Gasteiger partial charge on any atom is -0.387 e. The minimum atomic E-state index is -4.44. The first-order chi connectivity index (χ1) is 20.2. The average molecular weight is 614 g/mol. The van der Waals surface area contributed by atoms with Crippen LogP contribution in [0.25, 0.3) is 0 Å². The van der Waals surface area contributed by atoms with E-state index in [1.165, 1.54) is 76.7 Å². The molecule has 0 saturated carbocycles. The highest BCUT2D eigenvalue weighted by Gasteiger charge is 2.27. The zero-order valence-corrected chi connectivity index (χ0v) is 27.5. The van der Waals surface area contributed by atoms with Gasteiger partial charge >= 0.3 is 0 Å². The van der Waals surface area contributed by atoms with E-state index in [0.717, 1.165) is 44.9 Å². The molecule has 0 aromatic heterocycles. The van der Waals surface area contributed by atoms with Gasteiger partial charge in [0.25, 0.3) is 10.1 Å². The van der Waals surface area contributed by atoms with Crippen LogP contribution in [0.3, 0.4) is 0 Å². The number of carbonyl (C=O) groups is 1. The Morgan fingerprint density at radius 3 is 1.57 bits per heavy atom. The normalized spacial score (nSPS) is 14.7. The molecule has 0 aliphatic heterocycles. The van der Waals surface area contributed by atoms with Gasteiger partial charge in [-0.3, -0.25) is 9.35 Å². The molecular formula is C34H63NO6S. The first-order valence-electron chi connectivity index (χ1n) is 16.8. The second-order valence-electron chi connectivity index (χ2n) is 11.6. The molecule has 0 saturated heterocycles. The van der Waals surface area contributed by atoms with E-state index in [4.69, 9.17) is 0 Å². The number of unbranched alkanes of at least 4 members (excludes halogenated alkanes) is 16. The SMILES string of the molecule is CCCCCC/C=C/CC/C=C/CC/C=C/C(O)C(CS(=O)(=O)O)NC(=O)C(O)CCCCCCCCCCCCC. The maximum atomic E-state index is 12.5. The lowest BCUT2D eigenvalue weighted by atomic mass is 10.0. The summed E-state index contributed by atoms with van der Waals surface area (Å²) in [6, 6.07) is -1.25. The Morgan fingerprint density at radius 2 is 1.07 bits per heavy atom. The smallest absolute Gasteiger partial charge is 0.267 e. The molecule has 7 nitrogen and oxygen atoms in total. The van der Waals surface area contributed by atoms with E-state index in [-0.39, 0.29) is 6.42 Å². The van der Waals surface area contributed by atoms with Crippen molar-refractivity contribution >= 4 is 16.0 Å². The van der Waals surface area contributed by atoms with E-state index in [0.29, 0.717) is 12.8 Å². The van der Waals surface area contributed by atoms with Gasteiger partial charge in [-0.1, -0.05) is 140 Å². The van der Waals surface area contributed by atoms with Gasteiger partial charge in [-0.25, -0.2) is 0 Å². The molecule has 0 fully saturated rings. The minimum absolute atomic E-state index is 0.272. The molecular weight excluding hydrogens is 550 g/mol. The highest BCUT2D eigenvalue weighted by atomic mass is 32.2. The van der Waals surface area contributed by atoms with Crippen molar-refractivity contribution in [1.29, 1.82) is 0 Å². The third-order valence-corrected chi connectivity index (χ3v) is 8.19. The molecule has 246 valence electrons. The zero-order valence-electron chi connectivity index (χ0n) is 26.7. The molecule has 0 rings (SSSR count). The summed E-state index contributed by atoms with van der Waals surface area (Å²) in [5.74, 6) is -1.57. The van der Waals surface area contributed by atoms with Crippen molar-refractivity contribution < 1.29 is 28.0 Å². The molecule has 3 unspecified atom stereocenters. The van der Waals surface area contributed by atoms with Crippen molar-refractivity contribution in [3.05, 3.63) is 36.5 Å². The number of aliphatic hydroxyl groups excluding tert-OH is 2. The molecule has 0 spiro atoms. The fraction of sp³-hybridized carbons (Fsp3) is 0.794. The summed E-state index contributed by atoms with van der Waals surface area (Å²) in [7, 11) is -4.44. The summed E-state index contributed by atoms with van der Waals surface area (Å²) in [4.78, 5) is 12.5. The van der Waals surface area contributed by atoms with Crippen molar-refractivity contribution in [2.75, 3.05) is 5.75 Å². The summed E-state index contributed by atoms with van der Waals surface area (Å²) >= 11 is 0. The Labute approximate surface area is 258 Å². The van der Waals surface area contributed by atoms with Crippen LogP contribution < -0.4 is 5.32 Å². The number of hydrogen-bond donors (Lipinski definition) is 4. The number of rotatable bonds is 29. The lowest BCUT2D eigenvalue weighted by Gasteiger charge is -2.22. The van der Waals surface area contributed by atoms with Crippen molar-refractivity contribution in [1.82, 2.24) is 5.32 Å². The average Bonchev–Trinajstić information content (AvgIpc) is 2.94. The third-order valence-electron chi connectivity index (χ3n) is 7.40. The molecule has 0 heterocycles. The molecule has 0 aromatic carbocycles. The van der Waals surface area contributed by atoms with Gasteiger partial charge in [-0.05, 0) is 44.9 Å². The Hall–Kier alpha value is -1.48. The Kier molecular flexibility index (Phi) is 27.3. The molecule has 0 aliphatic carbocycles. The maximum absolute atomic E-state index is 12.5. The van der Waals surface area contributed by atoms with Crippen LogP contribution in [0.1, 0.15) is 149 Å². The lowest BCUT2D eigenvalue weighted by Crippen LogP contribution is -2.50. The molecule has 42 heavy (non-hydrogen) atoms. The second-order valence-corrected chi connectivity index (χ2v) is 13.1. The molecule has 0 bridgehead atoms. The molecule has 0 aliphatic rings. The van der Waals surface area contributed by atoms with E-state index >= 15 is 0 Å². The summed E-state index contributed by atoms with van der Waals surface area (Å²) in [5, 5.41) is 23.2. The van der Waals surface area contributed by atoms with E-state index in [9.17, 15) is 28.0 Å². The monoisotopic (exact) mass is 613 g/mol. The molecule has 0 aromatic rings. The van der Waals surface area contributed by atoms with Crippen LogP contribution in [-0.2, 0) is 14.9 Å². The van der Waals surface area contributed by atoms with E-state index < -0.39 is 40.0 Å². The third kappa shape index (κ3) is 27.4. The predicted molar refractivity (Wildman–Crippen MR) is 176 cm³/mol. The molecule has 4 N–H and O–H groups in total. The van der Waals surface area contributed by atoms with Crippen LogP contribution in [0, 0.1) is 0 Å². The van der Waals surface area contributed by atoms with Gasteiger partial charge in [-0.2, -0.15) is 8.42 Å². The van der Waals surface area contributed by atoms with Gasteiger partial charge in [0.1, 0.15) is 6.10 Å². The number of allylic oxidation sites excluding steroid dienone is 5. The van der Waals surface area contributed by atoms with Gasteiger partial charge in [0, 0.05) is 0 Å². The van der Waals surface area contributed by atoms with E-state index in [1.54, 1.807) is 6.08 Å². The van der Waals surface area contributed by atoms with Crippen LogP contribution >= 0.6 is 0 Å². The molecule has 1 amide bonds. The fourth-order valence-corrected chi connectivity index (χ4v) is 5.51. The Morgan fingerprint density at radius 1 is 0.643 bits per heavy atom. The number of amides is 1.